The van der Waals surface area contributed by atoms with Crippen molar-refractivity contribution in [3.05, 3.63) is 59.8 Å². The SMILES string of the molecule is CC(C)(C)c1cccc(C(=O)N2CCN(c3ccccn3)CC2)c1. The fourth-order valence-electron chi connectivity index (χ4n) is 2.98. The van der Waals surface area contributed by atoms with Gasteiger partial charge in [-0.2, -0.15) is 0 Å². The van der Waals surface area contributed by atoms with Gasteiger partial charge in [-0.05, 0) is 35.2 Å². The molecule has 126 valence electrons. The van der Waals surface area contributed by atoms with E-state index in [0.717, 1.165) is 37.6 Å². The van der Waals surface area contributed by atoms with E-state index in [9.17, 15) is 4.79 Å². The van der Waals surface area contributed by atoms with Crippen molar-refractivity contribution in [2.75, 3.05) is 31.1 Å². The molecule has 0 bridgehead atoms. The highest BCUT2D eigenvalue weighted by atomic mass is 16.2. The minimum absolute atomic E-state index is 0.0496. The highest BCUT2D eigenvalue weighted by Gasteiger charge is 2.23. The minimum atomic E-state index is 0.0496. The second kappa shape index (κ2) is 6.63. The Hall–Kier alpha value is -2.36. The lowest BCUT2D eigenvalue weighted by Crippen LogP contribution is -2.49. The lowest BCUT2D eigenvalue weighted by molar-refractivity contribution is 0.0746. The number of anilines is 1. The molecule has 1 aliphatic heterocycles. The minimum Gasteiger partial charge on any atom is -0.353 e. The molecule has 2 heterocycles. The van der Waals surface area contributed by atoms with Crippen LogP contribution in [0.5, 0.6) is 0 Å². The number of benzene rings is 1. The average Bonchev–Trinajstić information content (AvgIpc) is 2.61. The van der Waals surface area contributed by atoms with Crippen LogP contribution in [-0.2, 0) is 5.41 Å². The zero-order valence-electron chi connectivity index (χ0n) is 14.7. The van der Waals surface area contributed by atoms with Gasteiger partial charge in [0.2, 0.25) is 0 Å². The van der Waals surface area contributed by atoms with Crippen molar-refractivity contribution in [2.24, 2.45) is 0 Å². The summed E-state index contributed by atoms with van der Waals surface area (Å²) in [7, 11) is 0. The Kier molecular flexibility index (Phi) is 4.56. The average molecular weight is 323 g/mol. The molecule has 1 saturated heterocycles. The summed E-state index contributed by atoms with van der Waals surface area (Å²) in [5.74, 6) is 1.11. The van der Waals surface area contributed by atoms with E-state index < -0.39 is 0 Å². The van der Waals surface area contributed by atoms with E-state index in [1.807, 2.05) is 47.5 Å². The molecular weight excluding hydrogens is 298 g/mol. The Morgan fingerprint density at radius 3 is 2.38 bits per heavy atom. The Bertz CT molecular complexity index is 698. The first-order valence-electron chi connectivity index (χ1n) is 8.51. The van der Waals surface area contributed by atoms with Crippen LogP contribution in [0, 0.1) is 0 Å². The standard InChI is InChI=1S/C20H25N3O/c1-20(2,3)17-8-6-7-16(15-17)19(24)23-13-11-22(12-14-23)18-9-4-5-10-21-18/h4-10,15H,11-14H2,1-3H3. The molecule has 3 rings (SSSR count). The van der Waals surface area contributed by atoms with Crippen molar-refractivity contribution in [1.29, 1.82) is 0 Å². The molecule has 4 nitrogen and oxygen atoms in total. The molecule has 0 N–H and O–H groups in total. The first-order valence-corrected chi connectivity index (χ1v) is 8.51. The zero-order valence-corrected chi connectivity index (χ0v) is 14.7. The van der Waals surface area contributed by atoms with Crippen molar-refractivity contribution in [3.63, 3.8) is 0 Å². The van der Waals surface area contributed by atoms with E-state index in [1.54, 1.807) is 0 Å². The van der Waals surface area contributed by atoms with E-state index in [0.29, 0.717) is 0 Å². The van der Waals surface area contributed by atoms with Gasteiger partial charge < -0.3 is 9.80 Å². The van der Waals surface area contributed by atoms with Crippen LogP contribution in [0.2, 0.25) is 0 Å². The zero-order chi connectivity index (χ0) is 17.2. The molecule has 0 unspecified atom stereocenters. The summed E-state index contributed by atoms with van der Waals surface area (Å²) >= 11 is 0. The van der Waals surface area contributed by atoms with Gasteiger partial charge in [0.1, 0.15) is 5.82 Å². The largest absolute Gasteiger partial charge is 0.353 e. The van der Waals surface area contributed by atoms with Gasteiger partial charge in [0, 0.05) is 37.9 Å². The van der Waals surface area contributed by atoms with Crippen LogP contribution in [0.1, 0.15) is 36.7 Å². The first-order chi connectivity index (χ1) is 11.4. The van der Waals surface area contributed by atoms with E-state index in [2.05, 4.69) is 36.7 Å². The summed E-state index contributed by atoms with van der Waals surface area (Å²) in [6.45, 7) is 9.61. The summed E-state index contributed by atoms with van der Waals surface area (Å²) in [4.78, 5) is 21.4. The van der Waals surface area contributed by atoms with Crippen molar-refractivity contribution in [1.82, 2.24) is 9.88 Å². The molecule has 1 aromatic heterocycles. The maximum Gasteiger partial charge on any atom is 0.253 e. The van der Waals surface area contributed by atoms with E-state index >= 15 is 0 Å². The van der Waals surface area contributed by atoms with Crippen molar-refractivity contribution in [2.45, 2.75) is 26.2 Å². The van der Waals surface area contributed by atoms with Gasteiger partial charge >= 0.3 is 0 Å². The third-order valence-corrected chi connectivity index (χ3v) is 4.52. The van der Waals surface area contributed by atoms with Crippen LogP contribution in [-0.4, -0.2) is 42.0 Å². The van der Waals surface area contributed by atoms with Crippen LogP contribution in [0.15, 0.2) is 48.7 Å². The van der Waals surface area contributed by atoms with Gasteiger partial charge in [0.15, 0.2) is 0 Å². The second-order valence-corrected chi connectivity index (χ2v) is 7.30. The lowest BCUT2D eigenvalue weighted by atomic mass is 9.86. The van der Waals surface area contributed by atoms with Crippen LogP contribution >= 0.6 is 0 Å². The molecule has 1 amide bonds. The first kappa shape index (κ1) is 16.5. The monoisotopic (exact) mass is 323 g/mol. The number of carbonyl (C=O) groups excluding carboxylic acids is 1. The highest BCUT2D eigenvalue weighted by molar-refractivity contribution is 5.94. The number of carbonyl (C=O) groups is 1. The Morgan fingerprint density at radius 2 is 1.75 bits per heavy atom. The number of hydrogen-bond donors (Lipinski definition) is 0. The molecule has 0 radical (unpaired) electrons. The molecule has 0 atom stereocenters. The predicted molar refractivity (Wildman–Crippen MR) is 97.5 cm³/mol. The van der Waals surface area contributed by atoms with Crippen molar-refractivity contribution < 1.29 is 4.79 Å². The summed E-state index contributed by atoms with van der Waals surface area (Å²) in [5, 5.41) is 0. The molecule has 1 aromatic carbocycles. The fourth-order valence-corrected chi connectivity index (χ4v) is 2.98. The van der Waals surface area contributed by atoms with Crippen molar-refractivity contribution >= 4 is 11.7 Å². The van der Waals surface area contributed by atoms with E-state index in [1.165, 1.54) is 5.56 Å². The maximum absolute atomic E-state index is 12.8. The Morgan fingerprint density at radius 1 is 1.00 bits per heavy atom. The van der Waals surface area contributed by atoms with Gasteiger partial charge in [0.25, 0.3) is 5.91 Å². The molecule has 1 aliphatic rings. The fraction of sp³-hybridized carbons (Fsp3) is 0.400. The summed E-state index contributed by atoms with van der Waals surface area (Å²) in [6, 6.07) is 14.0. The summed E-state index contributed by atoms with van der Waals surface area (Å²) in [5.41, 5.74) is 2.03. The van der Waals surface area contributed by atoms with Crippen LogP contribution in [0.4, 0.5) is 5.82 Å². The number of pyridine rings is 1. The third-order valence-electron chi connectivity index (χ3n) is 4.52. The Labute approximate surface area is 144 Å². The van der Waals surface area contributed by atoms with Gasteiger partial charge in [0.05, 0.1) is 0 Å². The molecule has 1 fully saturated rings. The molecule has 24 heavy (non-hydrogen) atoms. The number of aromatic nitrogens is 1. The normalized spacial score (nSPS) is 15.5. The highest BCUT2D eigenvalue weighted by Crippen LogP contribution is 2.23. The second-order valence-electron chi connectivity index (χ2n) is 7.30. The summed E-state index contributed by atoms with van der Waals surface area (Å²) in [6.07, 6.45) is 1.81. The summed E-state index contributed by atoms with van der Waals surface area (Å²) < 4.78 is 0. The number of nitrogens with zero attached hydrogens (tertiary/aromatic N) is 3. The quantitative estimate of drug-likeness (QED) is 0.850. The Balaban J connectivity index is 1.67. The number of rotatable bonds is 2. The molecule has 0 saturated carbocycles. The number of hydrogen-bond acceptors (Lipinski definition) is 3. The van der Waals surface area contributed by atoms with Crippen molar-refractivity contribution in [3.8, 4) is 0 Å². The van der Waals surface area contributed by atoms with E-state index in [-0.39, 0.29) is 11.3 Å². The van der Waals surface area contributed by atoms with Crippen LogP contribution < -0.4 is 4.90 Å². The molecule has 2 aromatic rings. The van der Waals surface area contributed by atoms with E-state index in [4.69, 9.17) is 0 Å². The predicted octanol–water partition coefficient (Wildman–Crippen LogP) is 3.34. The third kappa shape index (κ3) is 3.58. The van der Waals surface area contributed by atoms with Gasteiger partial charge in [-0.25, -0.2) is 4.98 Å². The van der Waals surface area contributed by atoms with Gasteiger partial charge in [-0.3, -0.25) is 4.79 Å². The molecule has 4 heteroatoms. The maximum atomic E-state index is 12.8. The molecular formula is C20H25N3O. The van der Waals surface area contributed by atoms with Gasteiger partial charge in [-0.15, -0.1) is 0 Å². The smallest absolute Gasteiger partial charge is 0.253 e. The number of piperazine rings is 1. The van der Waals surface area contributed by atoms with Gasteiger partial charge in [-0.1, -0.05) is 39.0 Å². The molecule has 0 aliphatic carbocycles. The van der Waals surface area contributed by atoms with Crippen LogP contribution in [0.3, 0.4) is 0 Å². The molecule has 0 spiro atoms. The lowest BCUT2D eigenvalue weighted by Gasteiger charge is -2.35. The topological polar surface area (TPSA) is 36.4 Å². The number of amides is 1. The van der Waals surface area contributed by atoms with Crippen LogP contribution in [0.25, 0.3) is 0 Å².